The number of hydrogen-bond acceptors (Lipinski definition) is 1. The van der Waals surface area contributed by atoms with Crippen LogP contribution >= 0.6 is 0 Å². The summed E-state index contributed by atoms with van der Waals surface area (Å²) >= 11 is 0. The molecule has 0 aromatic rings. The van der Waals surface area contributed by atoms with E-state index in [1.54, 1.807) is 0 Å². The Bertz CT molecular complexity index is 105. The summed E-state index contributed by atoms with van der Waals surface area (Å²) < 4.78 is 0. The first-order valence-corrected chi connectivity index (χ1v) is 3.83. The lowest BCUT2D eigenvalue weighted by atomic mass is 10.1. The summed E-state index contributed by atoms with van der Waals surface area (Å²) in [5, 5.41) is 0. The fourth-order valence-corrected chi connectivity index (χ4v) is 0.900. The maximum Gasteiger partial charge on any atom is 0.202 e. The lowest BCUT2D eigenvalue weighted by Gasteiger charge is -2.00. The van der Waals surface area contributed by atoms with Crippen molar-refractivity contribution in [1.82, 2.24) is 0 Å². The molecule has 0 aromatic carbocycles. The minimum atomic E-state index is 0.439. The van der Waals surface area contributed by atoms with E-state index in [1.807, 2.05) is 12.4 Å². The third-order valence-electron chi connectivity index (χ3n) is 1.41. The second kappa shape index (κ2) is 6.53. The fraction of sp³-hybridized carbons (Fsp3) is 0.667. The molecular formula is C9H15O. The second-order valence-electron chi connectivity index (χ2n) is 2.54. The van der Waals surface area contributed by atoms with Crippen LogP contribution in [0.15, 0.2) is 12.2 Å². The van der Waals surface area contributed by atoms with Crippen molar-refractivity contribution in [3.05, 3.63) is 12.2 Å². The monoisotopic (exact) mass is 139 g/mol. The zero-order valence-electron chi connectivity index (χ0n) is 6.76. The SMILES string of the molecule is CCCC(C)C=CC[C]=O. The quantitative estimate of drug-likeness (QED) is 0.535. The topological polar surface area (TPSA) is 17.1 Å². The Labute approximate surface area is 63.1 Å². The summed E-state index contributed by atoms with van der Waals surface area (Å²) in [7, 11) is 0. The highest BCUT2D eigenvalue weighted by Gasteiger charge is 1.91. The van der Waals surface area contributed by atoms with Crippen molar-refractivity contribution in [2.45, 2.75) is 33.1 Å². The van der Waals surface area contributed by atoms with E-state index in [1.165, 1.54) is 12.8 Å². The van der Waals surface area contributed by atoms with Gasteiger partial charge in [-0.25, -0.2) is 0 Å². The first-order chi connectivity index (χ1) is 4.81. The summed E-state index contributed by atoms with van der Waals surface area (Å²) in [5.74, 6) is 0.610. The predicted molar refractivity (Wildman–Crippen MR) is 43.5 cm³/mol. The average molecular weight is 139 g/mol. The summed E-state index contributed by atoms with van der Waals surface area (Å²) in [4.78, 5) is 9.77. The Hall–Kier alpha value is -0.590. The number of rotatable bonds is 5. The molecule has 0 saturated carbocycles. The van der Waals surface area contributed by atoms with Gasteiger partial charge in [-0.2, -0.15) is 0 Å². The molecule has 10 heavy (non-hydrogen) atoms. The van der Waals surface area contributed by atoms with Crippen LogP contribution in [0.3, 0.4) is 0 Å². The van der Waals surface area contributed by atoms with Gasteiger partial charge in [0.2, 0.25) is 6.29 Å². The zero-order chi connectivity index (χ0) is 7.82. The van der Waals surface area contributed by atoms with Gasteiger partial charge < -0.3 is 0 Å². The van der Waals surface area contributed by atoms with Gasteiger partial charge in [0.05, 0.1) is 0 Å². The van der Waals surface area contributed by atoms with Crippen LogP contribution in [0.25, 0.3) is 0 Å². The van der Waals surface area contributed by atoms with Crippen molar-refractivity contribution < 1.29 is 4.79 Å². The molecule has 0 aliphatic carbocycles. The van der Waals surface area contributed by atoms with Crippen LogP contribution in [-0.2, 0) is 4.79 Å². The summed E-state index contributed by atoms with van der Waals surface area (Å²) in [6.45, 7) is 4.32. The highest BCUT2D eigenvalue weighted by atomic mass is 16.1. The molecule has 0 N–H and O–H groups in total. The van der Waals surface area contributed by atoms with E-state index in [0.29, 0.717) is 12.3 Å². The zero-order valence-corrected chi connectivity index (χ0v) is 6.76. The maximum absolute atomic E-state index is 9.77. The molecule has 1 nitrogen and oxygen atoms in total. The molecule has 0 aromatic heterocycles. The van der Waals surface area contributed by atoms with Crippen LogP contribution in [-0.4, -0.2) is 6.29 Å². The molecule has 1 atom stereocenters. The van der Waals surface area contributed by atoms with E-state index in [9.17, 15) is 4.79 Å². The summed E-state index contributed by atoms with van der Waals surface area (Å²) in [5.41, 5.74) is 0. The lowest BCUT2D eigenvalue weighted by molar-refractivity contribution is 0.555. The molecule has 0 saturated heterocycles. The first-order valence-electron chi connectivity index (χ1n) is 3.83. The van der Waals surface area contributed by atoms with E-state index >= 15 is 0 Å². The van der Waals surface area contributed by atoms with Crippen LogP contribution in [0.4, 0.5) is 0 Å². The molecular weight excluding hydrogens is 124 g/mol. The van der Waals surface area contributed by atoms with Gasteiger partial charge in [-0.1, -0.05) is 32.4 Å². The van der Waals surface area contributed by atoms with Gasteiger partial charge in [-0.05, 0) is 12.3 Å². The van der Waals surface area contributed by atoms with E-state index in [2.05, 4.69) is 19.9 Å². The molecule has 0 spiro atoms. The first kappa shape index (κ1) is 9.41. The third kappa shape index (κ3) is 5.54. The van der Waals surface area contributed by atoms with E-state index in [4.69, 9.17) is 0 Å². The largest absolute Gasteiger partial charge is 0.291 e. The van der Waals surface area contributed by atoms with E-state index in [0.717, 1.165) is 0 Å². The predicted octanol–water partition coefficient (Wildman–Crippen LogP) is 2.48. The Kier molecular flexibility index (Phi) is 6.14. The van der Waals surface area contributed by atoms with Crippen LogP contribution in [0.1, 0.15) is 33.1 Å². The fourth-order valence-electron chi connectivity index (χ4n) is 0.900. The Morgan fingerprint density at radius 3 is 2.80 bits per heavy atom. The standard InChI is InChI=1S/C9H15O/c1-3-6-9(2)7-4-5-8-10/h4,7,9H,3,5-6H2,1-2H3. The molecule has 0 amide bonds. The van der Waals surface area contributed by atoms with Gasteiger partial charge in [0.15, 0.2) is 0 Å². The van der Waals surface area contributed by atoms with Gasteiger partial charge in [-0.3, -0.25) is 4.79 Å². The highest BCUT2D eigenvalue weighted by molar-refractivity contribution is 5.52. The molecule has 1 heteroatoms. The maximum atomic E-state index is 9.77. The number of allylic oxidation sites excluding steroid dienone is 2. The Morgan fingerprint density at radius 2 is 2.30 bits per heavy atom. The molecule has 0 heterocycles. The molecule has 0 rings (SSSR count). The van der Waals surface area contributed by atoms with Gasteiger partial charge >= 0.3 is 0 Å². The normalized spacial score (nSPS) is 13.8. The van der Waals surface area contributed by atoms with Crippen molar-refractivity contribution in [3.8, 4) is 0 Å². The smallest absolute Gasteiger partial charge is 0.202 e. The molecule has 0 aliphatic heterocycles. The highest BCUT2D eigenvalue weighted by Crippen LogP contribution is 2.05. The van der Waals surface area contributed by atoms with E-state index in [-0.39, 0.29) is 0 Å². The lowest BCUT2D eigenvalue weighted by Crippen LogP contribution is -1.86. The van der Waals surface area contributed by atoms with E-state index < -0.39 is 0 Å². The second-order valence-corrected chi connectivity index (χ2v) is 2.54. The summed E-state index contributed by atoms with van der Waals surface area (Å²) in [6, 6.07) is 0. The van der Waals surface area contributed by atoms with Crippen LogP contribution in [0, 0.1) is 5.92 Å². The molecule has 0 fully saturated rings. The molecule has 57 valence electrons. The van der Waals surface area contributed by atoms with Crippen LogP contribution in [0.5, 0.6) is 0 Å². The van der Waals surface area contributed by atoms with Gasteiger partial charge in [0, 0.05) is 6.42 Å². The van der Waals surface area contributed by atoms with Crippen LogP contribution in [0.2, 0.25) is 0 Å². The number of carbonyl (C=O) groups excluding carboxylic acids is 1. The van der Waals surface area contributed by atoms with Crippen molar-refractivity contribution >= 4 is 6.29 Å². The van der Waals surface area contributed by atoms with Crippen LogP contribution < -0.4 is 0 Å². The average Bonchev–Trinajstić information content (AvgIpc) is 1.89. The minimum Gasteiger partial charge on any atom is -0.291 e. The van der Waals surface area contributed by atoms with Crippen molar-refractivity contribution in [1.29, 1.82) is 0 Å². The van der Waals surface area contributed by atoms with Crippen molar-refractivity contribution in [3.63, 3.8) is 0 Å². The van der Waals surface area contributed by atoms with Gasteiger partial charge in [0.25, 0.3) is 0 Å². The summed E-state index contributed by atoms with van der Waals surface area (Å²) in [6.07, 6.45) is 8.64. The Balaban J connectivity index is 3.34. The Morgan fingerprint density at radius 1 is 1.60 bits per heavy atom. The number of hydrogen-bond donors (Lipinski definition) is 0. The molecule has 0 bridgehead atoms. The van der Waals surface area contributed by atoms with Gasteiger partial charge in [0.1, 0.15) is 0 Å². The minimum absolute atomic E-state index is 0.439. The molecule has 1 unspecified atom stereocenters. The third-order valence-corrected chi connectivity index (χ3v) is 1.41. The molecule has 0 aliphatic rings. The van der Waals surface area contributed by atoms with Gasteiger partial charge in [-0.15, -0.1) is 0 Å². The van der Waals surface area contributed by atoms with Crippen molar-refractivity contribution in [2.24, 2.45) is 5.92 Å². The van der Waals surface area contributed by atoms with Crippen molar-refractivity contribution in [2.75, 3.05) is 0 Å². The molecule has 1 radical (unpaired) electrons.